The molecule has 0 unspecified atom stereocenters. The number of H-pyrrole nitrogens is 1. The second kappa shape index (κ2) is 4.96. The molecule has 0 radical (unpaired) electrons. The van der Waals surface area contributed by atoms with Gasteiger partial charge >= 0.3 is 0 Å². The van der Waals surface area contributed by atoms with Crippen molar-refractivity contribution in [2.45, 2.75) is 13.3 Å². The summed E-state index contributed by atoms with van der Waals surface area (Å²) >= 11 is 2.94. The third-order valence-electron chi connectivity index (χ3n) is 3.60. The number of nitrogens with zero attached hydrogens (tertiary/aromatic N) is 2. The highest BCUT2D eigenvalue weighted by Crippen LogP contribution is 2.43. The SMILES string of the molecule is CC1=C(c2[nH]c(O)c3c2C(=O)N=C3c2nccs2)SC=CC1. The Balaban J connectivity index is 1.90. The van der Waals surface area contributed by atoms with Crippen molar-refractivity contribution in [1.82, 2.24) is 9.97 Å². The number of carbonyl (C=O) groups excluding carboxylic acids is 1. The highest BCUT2D eigenvalue weighted by atomic mass is 32.2. The summed E-state index contributed by atoms with van der Waals surface area (Å²) in [5, 5.41) is 14.7. The number of aromatic nitrogens is 2. The van der Waals surface area contributed by atoms with Gasteiger partial charge in [-0.15, -0.1) is 11.3 Å². The van der Waals surface area contributed by atoms with Crippen LogP contribution in [-0.2, 0) is 0 Å². The molecule has 2 aliphatic heterocycles. The number of carbonyl (C=O) groups is 1. The molecule has 0 saturated carbocycles. The van der Waals surface area contributed by atoms with Crippen molar-refractivity contribution in [1.29, 1.82) is 0 Å². The lowest BCUT2D eigenvalue weighted by molar-refractivity contribution is 0.101. The third kappa shape index (κ3) is 1.89. The van der Waals surface area contributed by atoms with Crippen LogP contribution in [0.5, 0.6) is 5.88 Å². The maximum absolute atomic E-state index is 12.4. The minimum Gasteiger partial charge on any atom is -0.494 e. The Hall–Kier alpha value is -2.12. The lowest BCUT2D eigenvalue weighted by Gasteiger charge is -2.12. The van der Waals surface area contributed by atoms with Crippen molar-refractivity contribution in [2.24, 2.45) is 4.99 Å². The van der Waals surface area contributed by atoms with Gasteiger partial charge in [-0.3, -0.25) is 4.79 Å². The zero-order valence-electron chi connectivity index (χ0n) is 11.6. The summed E-state index contributed by atoms with van der Waals surface area (Å²) < 4.78 is 0. The van der Waals surface area contributed by atoms with Crippen LogP contribution in [0.25, 0.3) is 4.91 Å². The monoisotopic (exact) mass is 329 g/mol. The van der Waals surface area contributed by atoms with Gasteiger partial charge in [0.25, 0.3) is 5.91 Å². The summed E-state index contributed by atoms with van der Waals surface area (Å²) in [4.78, 5) is 24.6. The van der Waals surface area contributed by atoms with E-state index in [9.17, 15) is 9.90 Å². The van der Waals surface area contributed by atoms with Crippen LogP contribution in [0.4, 0.5) is 0 Å². The second-order valence-electron chi connectivity index (χ2n) is 5.00. The first-order valence-corrected chi connectivity index (χ1v) is 8.42. The van der Waals surface area contributed by atoms with E-state index in [1.165, 1.54) is 11.3 Å². The highest BCUT2D eigenvalue weighted by molar-refractivity contribution is 8.11. The number of thiazole rings is 1. The van der Waals surface area contributed by atoms with Crippen LogP contribution in [0.1, 0.15) is 40.0 Å². The Morgan fingerprint density at radius 1 is 1.36 bits per heavy atom. The Morgan fingerprint density at radius 3 is 2.95 bits per heavy atom. The third-order valence-corrected chi connectivity index (χ3v) is 5.50. The maximum Gasteiger partial charge on any atom is 0.280 e. The maximum atomic E-state index is 12.4. The van der Waals surface area contributed by atoms with Gasteiger partial charge in [0, 0.05) is 16.5 Å². The lowest BCUT2D eigenvalue weighted by atomic mass is 10.1. The predicted octanol–water partition coefficient (Wildman–Crippen LogP) is 3.55. The summed E-state index contributed by atoms with van der Waals surface area (Å²) in [5.74, 6) is -0.359. The molecule has 0 saturated heterocycles. The van der Waals surface area contributed by atoms with Crippen LogP contribution in [0.15, 0.2) is 33.6 Å². The molecule has 0 spiro atoms. The van der Waals surface area contributed by atoms with Crippen LogP contribution in [0.2, 0.25) is 0 Å². The average molecular weight is 329 g/mol. The standard InChI is InChI=1S/C15H11N3O2S2/c1-7-3-2-5-21-12(7)10-8-9(14(20)17-10)11(18-13(8)19)15-16-4-6-22-15/h2,4-6,17,20H,3H2,1H3. The first-order chi connectivity index (χ1) is 10.7. The fourth-order valence-electron chi connectivity index (χ4n) is 2.62. The van der Waals surface area contributed by atoms with Gasteiger partial charge in [0.1, 0.15) is 10.7 Å². The average Bonchev–Trinajstić information content (AvgIpc) is 3.19. The molecule has 0 bridgehead atoms. The largest absolute Gasteiger partial charge is 0.494 e. The van der Waals surface area contributed by atoms with Gasteiger partial charge in [0.2, 0.25) is 0 Å². The normalized spacial score (nSPS) is 17.1. The van der Waals surface area contributed by atoms with Gasteiger partial charge in [-0.1, -0.05) is 23.4 Å². The Kier molecular flexibility index (Phi) is 3.05. The predicted molar refractivity (Wildman–Crippen MR) is 88.5 cm³/mol. The molecule has 5 nitrogen and oxygen atoms in total. The molecule has 7 heteroatoms. The molecule has 22 heavy (non-hydrogen) atoms. The van der Waals surface area contributed by atoms with E-state index < -0.39 is 0 Å². The molecule has 4 rings (SSSR count). The van der Waals surface area contributed by atoms with Crippen molar-refractivity contribution in [3.63, 3.8) is 0 Å². The minimum atomic E-state index is -0.331. The van der Waals surface area contributed by atoms with E-state index in [2.05, 4.69) is 21.0 Å². The lowest BCUT2D eigenvalue weighted by Crippen LogP contribution is -1.98. The van der Waals surface area contributed by atoms with Crippen LogP contribution >= 0.6 is 23.1 Å². The first kappa shape index (κ1) is 13.5. The van der Waals surface area contributed by atoms with Crippen molar-refractivity contribution in [2.75, 3.05) is 0 Å². The molecular formula is C15H11N3O2S2. The first-order valence-electron chi connectivity index (χ1n) is 6.66. The number of thioether (sulfide) groups is 1. The van der Waals surface area contributed by atoms with Gasteiger partial charge in [0.15, 0.2) is 5.88 Å². The molecular weight excluding hydrogens is 318 g/mol. The van der Waals surface area contributed by atoms with Crippen molar-refractivity contribution < 1.29 is 9.90 Å². The quantitative estimate of drug-likeness (QED) is 0.883. The molecule has 2 N–H and O–H groups in total. The van der Waals surface area contributed by atoms with Gasteiger partial charge in [-0.2, -0.15) is 0 Å². The summed E-state index contributed by atoms with van der Waals surface area (Å²) in [6.07, 6.45) is 4.57. The fourth-order valence-corrected chi connectivity index (χ4v) is 4.13. The van der Waals surface area contributed by atoms with Crippen LogP contribution in [-0.4, -0.2) is 26.7 Å². The zero-order valence-corrected chi connectivity index (χ0v) is 13.2. The minimum absolute atomic E-state index is 0.0275. The van der Waals surface area contributed by atoms with E-state index in [4.69, 9.17) is 0 Å². The number of nitrogens with one attached hydrogen (secondary N) is 1. The second-order valence-corrected chi connectivity index (χ2v) is 6.82. The Bertz CT molecular complexity index is 873. The molecule has 0 fully saturated rings. The molecule has 2 aromatic heterocycles. The number of amides is 1. The van der Waals surface area contributed by atoms with Gasteiger partial charge in [0.05, 0.1) is 16.8 Å². The summed E-state index contributed by atoms with van der Waals surface area (Å²) in [6, 6.07) is 0. The van der Waals surface area contributed by atoms with E-state index in [0.29, 0.717) is 27.5 Å². The smallest absolute Gasteiger partial charge is 0.280 e. The van der Waals surface area contributed by atoms with E-state index in [0.717, 1.165) is 16.9 Å². The number of hydrogen-bond donors (Lipinski definition) is 2. The van der Waals surface area contributed by atoms with E-state index in [-0.39, 0.29) is 11.8 Å². The number of aliphatic imine (C=N–C) groups is 1. The molecule has 2 aliphatic rings. The van der Waals surface area contributed by atoms with Crippen molar-refractivity contribution in [3.05, 3.63) is 50.5 Å². The van der Waals surface area contributed by atoms with Gasteiger partial charge < -0.3 is 10.1 Å². The molecule has 0 atom stereocenters. The van der Waals surface area contributed by atoms with E-state index >= 15 is 0 Å². The Morgan fingerprint density at radius 2 is 2.23 bits per heavy atom. The Labute approximate surface area is 134 Å². The summed E-state index contributed by atoms with van der Waals surface area (Å²) in [5.41, 5.74) is 3.17. The highest BCUT2D eigenvalue weighted by Gasteiger charge is 2.35. The number of allylic oxidation sites excluding steroid dienone is 2. The van der Waals surface area contributed by atoms with Crippen molar-refractivity contribution in [3.8, 4) is 5.88 Å². The van der Waals surface area contributed by atoms with Crippen LogP contribution < -0.4 is 0 Å². The van der Waals surface area contributed by atoms with Gasteiger partial charge in [-0.05, 0) is 18.8 Å². The van der Waals surface area contributed by atoms with Gasteiger partial charge in [-0.25, -0.2) is 9.98 Å². The molecule has 2 aromatic rings. The van der Waals surface area contributed by atoms with Crippen LogP contribution in [0.3, 0.4) is 0 Å². The molecule has 0 aliphatic carbocycles. The number of hydrogen-bond acceptors (Lipinski definition) is 5. The van der Waals surface area contributed by atoms with E-state index in [1.54, 1.807) is 18.0 Å². The number of aromatic amines is 1. The molecule has 4 heterocycles. The molecule has 1 amide bonds. The number of aromatic hydroxyl groups is 1. The van der Waals surface area contributed by atoms with Crippen LogP contribution in [0, 0.1) is 0 Å². The summed E-state index contributed by atoms with van der Waals surface area (Å²) in [6.45, 7) is 2.03. The molecule has 0 aromatic carbocycles. The topological polar surface area (TPSA) is 78.3 Å². The molecule has 110 valence electrons. The van der Waals surface area contributed by atoms with E-state index in [1.807, 2.05) is 17.7 Å². The number of rotatable bonds is 2. The number of fused-ring (bicyclic) bond motifs is 1. The van der Waals surface area contributed by atoms with Crippen molar-refractivity contribution >= 4 is 39.6 Å². The summed E-state index contributed by atoms with van der Waals surface area (Å²) in [7, 11) is 0. The zero-order chi connectivity index (χ0) is 15.3. The fraction of sp³-hybridized carbons (Fsp3) is 0.133.